The van der Waals surface area contributed by atoms with E-state index in [-0.39, 0.29) is 5.92 Å². The minimum atomic E-state index is -0.625. The summed E-state index contributed by atoms with van der Waals surface area (Å²) < 4.78 is 5.21. The van der Waals surface area contributed by atoms with Crippen molar-refractivity contribution in [3.63, 3.8) is 0 Å². The lowest BCUT2D eigenvalue weighted by Gasteiger charge is -2.23. The Morgan fingerprint density at radius 3 is 2.92 bits per heavy atom. The fourth-order valence-corrected chi connectivity index (χ4v) is 4.54. The first-order valence-electron chi connectivity index (χ1n) is 8.75. The zero-order valence-electron chi connectivity index (χ0n) is 14.4. The first-order valence-corrected chi connectivity index (χ1v) is 8.75. The van der Waals surface area contributed by atoms with Crippen LogP contribution in [-0.2, 0) is 11.3 Å². The van der Waals surface area contributed by atoms with Crippen molar-refractivity contribution in [3.8, 4) is 17.0 Å². The summed E-state index contributed by atoms with van der Waals surface area (Å²) in [5.74, 6) is 0.474. The van der Waals surface area contributed by atoms with Crippen molar-refractivity contribution in [1.82, 2.24) is 15.1 Å². The van der Waals surface area contributed by atoms with Gasteiger partial charge in [-0.25, -0.2) is 0 Å². The number of fused-ring (bicyclic) bond motifs is 1. The summed E-state index contributed by atoms with van der Waals surface area (Å²) in [6.45, 7) is 2.23. The van der Waals surface area contributed by atoms with Gasteiger partial charge in [-0.15, -0.1) is 0 Å². The molecule has 1 saturated carbocycles. The summed E-state index contributed by atoms with van der Waals surface area (Å²) in [5.41, 5.74) is 2.61. The summed E-state index contributed by atoms with van der Waals surface area (Å²) in [4.78, 5) is 14.1. The topological polar surface area (TPSA) is 78.5 Å². The Labute approximate surface area is 146 Å². The minimum Gasteiger partial charge on any atom is -0.497 e. The zero-order chi connectivity index (χ0) is 17.4. The van der Waals surface area contributed by atoms with Crippen molar-refractivity contribution in [2.75, 3.05) is 20.2 Å². The number of carbonyl (C=O) groups is 1. The average Bonchev–Trinajstić information content (AvgIpc) is 3.29. The molecule has 2 atom stereocenters. The second-order valence-corrected chi connectivity index (χ2v) is 7.22. The molecule has 2 N–H and O–H groups in total. The van der Waals surface area contributed by atoms with Crippen LogP contribution in [0.1, 0.15) is 24.8 Å². The van der Waals surface area contributed by atoms with Gasteiger partial charge < -0.3 is 9.84 Å². The maximum absolute atomic E-state index is 11.8. The van der Waals surface area contributed by atoms with Gasteiger partial charge in [0.25, 0.3) is 0 Å². The molecule has 2 heterocycles. The Morgan fingerprint density at radius 2 is 2.24 bits per heavy atom. The van der Waals surface area contributed by atoms with Crippen molar-refractivity contribution < 1.29 is 14.6 Å². The summed E-state index contributed by atoms with van der Waals surface area (Å²) in [6, 6.07) is 7.87. The maximum atomic E-state index is 11.8. The largest absolute Gasteiger partial charge is 0.497 e. The van der Waals surface area contributed by atoms with Crippen LogP contribution in [0.3, 0.4) is 0 Å². The Balaban J connectivity index is 1.53. The number of methoxy groups -OCH3 is 1. The standard InChI is InChI=1S/C19H23N3O3/c1-25-16-6-4-13(5-7-16)17-14(9-20-21-17)10-22-11-15-3-2-8-19(15,12-22)18(23)24/h4-7,9,15H,2-3,8,10-12H2,1H3,(H,20,21)(H,23,24)/t15-,19+/m0/s1. The molecule has 0 amide bonds. The summed E-state index contributed by atoms with van der Waals surface area (Å²) >= 11 is 0. The third kappa shape index (κ3) is 2.70. The van der Waals surface area contributed by atoms with Crippen molar-refractivity contribution in [2.24, 2.45) is 11.3 Å². The molecule has 2 aromatic rings. The normalized spacial score (nSPS) is 25.9. The maximum Gasteiger partial charge on any atom is 0.311 e. The van der Waals surface area contributed by atoms with Gasteiger partial charge in [0.15, 0.2) is 0 Å². The number of likely N-dealkylation sites (tertiary alicyclic amines) is 1. The molecule has 2 fully saturated rings. The Bertz CT molecular complexity index is 770. The van der Waals surface area contributed by atoms with Gasteiger partial charge in [0.05, 0.1) is 24.4 Å². The van der Waals surface area contributed by atoms with Crippen LogP contribution in [0.2, 0.25) is 0 Å². The van der Waals surface area contributed by atoms with E-state index in [0.717, 1.165) is 54.9 Å². The lowest BCUT2D eigenvalue weighted by molar-refractivity contribution is -0.149. The van der Waals surface area contributed by atoms with Crippen LogP contribution in [0, 0.1) is 11.3 Å². The molecule has 6 heteroatoms. The molecular formula is C19H23N3O3. The van der Waals surface area contributed by atoms with Gasteiger partial charge in [0.1, 0.15) is 5.75 Å². The van der Waals surface area contributed by atoms with Gasteiger partial charge >= 0.3 is 5.97 Å². The highest BCUT2D eigenvalue weighted by molar-refractivity contribution is 5.76. The molecule has 0 spiro atoms. The lowest BCUT2D eigenvalue weighted by Crippen LogP contribution is -2.35. The number of benzene rings is 1. The summed E-state index contributed by atoms with van der Waals surface area (Å²) in [7, 11) is 1.65. The summed E-state index contributed by atoms with van der Waals surface area (Å²) in [5, 5.41) is 17.0. The number of hydrogen-bond donors (Lipinski definition) is 2. The van der Waals surface area contributed by atoms with Gasteiger partial charge in [0, 0.05) is 30.8 Å². The third-order valence-electron chi connectivity index (χ3n) is 5.86. The van der Waals surface area contributed by atoms with Gasteiger partial charge in [0.2, 0.25) is 0 Å². The van der Waals surface area contributed by atoms with Gasteiger partial charge in [-0.1, -0.05) is 6.42 Å². The van der Waals surface area contributed by atoms with E-state index >= 15 is 0 Å². The molecule has 6 nitrogen and oxygen atoms in total. The quantitative estimate of drug-likeness (QED) is 0.874. The molecule has 132 valence electrons. The van der Waals surface area contributed by atoms with Crippen LogP contribution in [0.4, 0.5) is 0 Å². The molecular weight excluding hydrogens is 318 g/mol. The van der Waals surface area contributed by atoms with Crippen LogP contribution in [-0.4, -0.2) is 46.4 Å². The molecule has 25 heavy (non-hydrogen) atoms. The van der Waals surface area contributed by atoms with Gasteiger partial charge in [-0.2, -0.15) is 5.10 Å². The Hall–Kier alpha value is -2.34. The predicted octanol–water partition coefficient (Wildman–Crippen LogP) is 2.77. The number of H-pyrrole nitrogens is 1. The minimum absolute atomic E-state index is 0.279. The highest BCUT2D eigenvalue weighted by Crippen LogP contribution is 2.49. The molecule has 0 radical (unpaired) electrons. The lowest BCUT2D eigenvalue weighted by atomic mass is 9.81. The number of aromatic amines is 1. The number of carboxylic acids is 1. The fraction of sp³-hybridized carbons (Fsp3) is 0.474. The Morgan fingerprint density at radius 1 is 1.44 bits per heavy atom. The number of rotatable bonds is 5. The fourth-order valence-electron chi connectivity index (χ4n) is 4.54. The van der Waals surface area contributed by atoms with E-state index in [1.165, 1.54) is 0 Å². The average molecular weight is 341 g/mol. The van der Waals surface area contributed by atoms with Gasteiger partial charge in [-0.3, -0.25) is 14.8 Å². The zero-order valence-corrected chi connectivity index (χ0v) is 14.4. The monoisotopic (exact) mass is 341 g/mol. The van der Waals surface area contributed by atoms with Crippen LogP contribution >= 0.6 is 0 Å². The molecule has 1 aliphatic heterocycles. The third-order valence-corrected chi connectivity index (χ3v) is 5.86. The Kier molecular flexibility index (Phi) is 4.00. The van der Waals surface area contributed by atoms with E-state index in [4.69, 9.17) is 4.74 Å². The molecule has 1 aromatic heterocycles. The number of nitrogens with zero attached hydrogens (tertiary/aromatic N) is 2. The first kappa shape index (κ1) is 16.1. The van der Waals surface area contributed by atoms with Crippen molar-refractivity contribution in [3.05, 3.63) is 36.0 Å². The highest BCUT2D eigenvalue weighted by Gasteiger charge is 2.54. The smallest absolute Gasteiger partial charge is 0.311 e. The van der Waals surface area contributed by atoms with Crippen molar-refractivity contribution in [2.45, 2.75) is 25.8 Å². The van der Waals surface area contributed by atoms with Crippen molar-refractivity contribution >= 4 is 5.97 Å². The molecule has 4 rings (SSSR count). The van der Waals surface area contributed by atoms with E-state index in [1.807, 2.05) is 30.5 Å². The second-order valence-electron chi connectivity index (χ2n) is 7.22. The SMILES string of the molecule is COc1ccc(-c2[nH]ncc2CN2C[C@@H]3CCC[C@@]3(C(=O)O)C2)cc1. The number of hydrogen-bond acceptors (Lipinski definition) is 4. The molecule has 0 bridgehead atoms. The van der Waals surface area contributed by atoms with Crippen molar-refractivity contribution in [1.29, 1.82) is 0 Å². The van der Waals surface area contributed by atoms with E-state index < -0.39 is 11.4 Å². The van der Waals surface area contributed by atoms with E-state index in [9.17, 15) is 9.90 Å². The number of nitrogens with one attached hydrogen (secondary N) is 1. The second kappa shape index (κ2) is 6.19. The molecule has 1 saturated heterocycles. The number of carboxylic acid groups (broad SMARTS) is 1. The van der Waals surface area contributed by atoms with Crippen LogP contribution in [0.25, 0.3) is 11.3 Å². The molecule has 0 unspecified atom stereocenters. The van der Waals surface area contributed by atoms with E-state index in [1.54, 1.807) is 7.11 Å². The van der Waals surface area contributed by atoms with E-state index in [0.29, 0.717) is 6.54 Å². The molecule has 1 aliphatic carbocycles. The van der Waals surface area contributed by atoms with Gasteiger partial charge in [-0.05, 0) is 43.0 Å². The van der Waals surface area contributed by atoms with Crippen LogP contribution < -0.4 is 4.74 Å². The first-order chi connectivity index (χ1) is 12.1. The number of aromatic nitrogens is 2. The number of ether oxygens (including phenoxy) is 1. The molecule has 2 aliphatic rings. The highest BCUT2D eigenvalue weighted by atomic mass is 16.5. The van der Waals surface area contributed by atoms with Crippen LogP contribution in [0.5, 0.6) is 5.75 Å². The molecule has 1 aromatic carbocycles. The predicted molar refractivity (Wildman–Crippen MR) is 93.3 cm³/mol. The van der Waals surface area contributed by atoms with E-state index in [2.05, 4.69) is 15.1 Å². The number of aliphatic carboxylic acids is 1. The van der Waals surface area contributed by atoms with Crippen LogP contribution in [0.15, 0.2) is 30.5 Å². The summed E-state index contributed by atoms with van der Waals surface area (Å²) in [6.07, 6.45) is 4.72.